The Kier molecular flexibility index (Phi) is 7.34. The number of nitrogens with one attached hydrogen (secondary N) is 1. The number of hydrogen-bond acceptors (Lipinski definition) is 3. The zero-order valence-corrected chi connectivity index (χ0v) is 18.7. The quantitative estimate of drug-likeness (QED) is 0.547. The summed E-state index contributed by atoms with van der Waals surface area (Å²) in [4.78, 5) is 26.9. The third kappa shape index (κ3) is 5.26. The first kappa shape index (κ1) is 22.4. The number of anilines is 1. The lowest BCUT2D eigenvalue weighted by Gasteiger charge is -2.19. The SMILES string of the molecule is CCN(CC)C(=O)Cn1ccc2cc(NC(=O)CC(C)c3ccccc3OC)ccc21. The fourth-order valence-corrected chi connectivity index (χ4v) is 3.91. The average molecular weight is 422 g/mol. The summed E-state index contributed by atoms with van der Waals surface area (Å²) in [6.07, 6.45) is 2.28. The van der Waals surface area contributed by atoms with Gasteiger partial charge in [0, 0.05) is 42.3 Å². The minimum absolute atomic E-state index is 0.0343. The van der Waals surface area contributed by atoms with E-state index in [9.17, 15) is 9.59 Å². The molecule has 1 N–H and O–H groups in total. The molecule has 6 nitrogen and oxygen atoms in total. The van der Waals surface area contributed by atoms with Crippen LogP contribution < -0.4 is 10.1 Å². The summed E-state index contributed by atoms with van der Waals surface area (Å²) in [5.41, 5.74) is 2.74. The summed E-state index contributed by atoms with van der Waals surface area (Å²) in [6, 6.07) is 15.5. The molecule has 2 amide bonds. The zero-order chi connectivity index (χ0) is 22.4. The van der Waals surface area contributed by atoms with Gasteiger partial charge in [-0.1, -0.05) is 25.1 Å². The van der Waals surface area contributed by atoms with Crippen LogP contribution in [0.2, 0.25) is 0 Å². The molecule has 0 fully saturated rings. The van der Waals surface area contributed by atoms with Crippen LogP contribution in [-0.2, 0) is 16.1 Å². The van der Waals surface area contributed by atoms with Gasteiger partial charge in [-0.15, -0.1) is 0 Å². The van der Waals surface area contributed by atoms with Gasteiger partial charge in [0.25, 0.3) is 0 Å². The number of amides is 2. The van der Waals surface area contributed by atoms with Crippen LogP contribution in [0.25, 0.3) is 10.9 Å². The number of para-hydroxylation sites is 1. The van der Waals surface area contributed by atoms with Crippen molar-refractivity contribution in [2.75, 3.05) is 25.5 Å². The highest BCUT2D eigenvalue weighted by Gasteiger charge is 2.16. The Morgan fingerprint density at radius 2 is 1.84 bits per heavy atom. The second-order valence-electron chi connectivity index (χ2n) is 7.68. The summed E-state index contributed by atoms with van der Waals surface area (Å²) < 4.78 is 7.36. The summed E-state index contributed by atoms with van der Waals surface area (Å²) in [6.45, 7) is 7.72. The molecule has 3 rings (SSSR count). The van der Waals surface area contributed by atoms with Gasteiger partial charge in [-0.05, 0) is 55.7 Å². The predicted molar refractivity (Wildman–Crippen MR) is 125 cm³/mol. The van der Waals surface area contributed by atoms with Gasteiger partial charge in [-0.25, -0.2) is 0 Å². The molecule has 0 radical (unpaired) electrons. The molecule has 2 aromatic carbocycles. The van der Waals surface area contributed by atoms with Crippen molar-refractivity contribution in [1.29, 1.82) is 0 Å². The van der Waals surface area contributed by atoms with Gasteiger partial charge >= 0.3 is 0 Å². The molecule has 0 aliphatic rings. The van der Waals surface area contributed by atoms with Crippen molar-refractivity contribution in [2.45, 2.75) is 39.7 Å². The molecular weight excluding hydrogens is 390 g/mol. The Labute approximate surface area is 183 Å². The molecule has 1 heterocycles. The Bertz CT molecular complexity index is 1050. The lowest BCUT2D eigenvalue weighted by molar-refractivity contribution is -0.131. The van der Waals surface area contributed by atoms with Crippen molar-refractivity contribution in [3.8, 4) is 5.75 Å². The molecule has 6 heteroatoms. The van der Waals surface area contributed by atoms with Crippen LogP contribution in [0.1, 0.15) is 38.7 Å². The fraction of sp³-hybridized carbons (Fsp3) is 0.360. The summed E-state index contributed by atoms with van der Waals surface area (Å²) >= 11 is 0. The van der Waals surface area contributed by atoms with Crippen molar-refractivity contribution in [3.63, 3.8) is 0 Å². The lowest BCUT2D eigenvalue weighted by atomic mass is 9.96. The summed E-state index contributed by atoms with van der Waals surface area (Å²) in [5, 5.41) is 3.98. The first-order valence-electron chi connectivity index (χ1n) is 10.8. The van der Waals surface area contributed by atoms with E-state index in [4.69, 9.17) is 4.74 Å². The molecule has 0 aliphatic carbocycles. The lowest BCUT2D eigenvalue weighted by Crippen LogP contribution is -2.33. The Hall–Kier alpha value is -3.28. The molecule has 1 atom stereocenters. The first-order valence-corrected chi connectivity index (χ1v) is 10.8. The minimum atomic E-state index is -0.0473. The number of carbonyl (C=O) groups excluding carboxylic acids is 2. The second kappa shape index (κ2) is 10.2. The maximum Gasteiger partial charge on any atom is 0.242 e. The van der Waals surface area contributed by atoms with Crippen molar-refractivity contribution >= 4 is 28.4 Å². The largest absolute Gasteiger partial charge is 0.496 e. The van der Waals surface area contributed by atoms with Gasteiger partial charge in [-0.2, -0.15) is 0 Å². The van der Waals surface area contributed by atoms with Crippen LogP contribution in [0, 0.1) is 0 Å². The van der Waals surface area contributed by atoms with Crippen LogP contribution in [0.4, 0.5) is 5.69 Å². The van der Waals surface area contributed by atoms with Gasteiger partial charge in [0.1, 0.15) is 12.3 Å². The normalized spacial score (nSPS) is 11.9. The molecule has 0 spiro atoms. The van der Waals surface area contributed by atoms with Gasteiger partial charge in [0.05, 0.1) is 7.11 Å². The van der Waals surface area contributed by atoms with E-state index in [0.717, 1.165) is 27.9 Å². The van der Waals surface area contributed by atoms with E-state index in [1.54, 1.807) is 7.11 Å². The topological polar surface area (TPSA) is 63.6 Å². The third-order valence-corrected chi connectivity index (χ3v) is 5.64. The van der Waals surface area contributed by atoms with Crippen LogP contribution in [0.5, 0.6) is 5.75 Å². The smallest absolute Gasteiger partial charge is 0.242 e. The van der Waals surface area contributed by atoms with Crippen molar-refractivity contribution in [2.24, 2.45) is 0 Å². The second-order valence-corrected chi connectivity index (χ2v) is 7.68. The molecule has 0 bridgehead atoms. The monoisotopic (exact) mass is 421 g/mol. The van der Waals surface area contributed by atoms with E-state index >= 15 is 0 Å². The summed E-state index contributed by atoms with van der Waals surface area (Å²) in [5.74, 6) is 0.885. The Balaban J connectivity index is 1.67. The van der Waals surface area contributed by atoms with E-state index in [0.29, 0.717) is 26.1 Å². The van der Waals surface area contributed by atoms with Crippen molar-refractivity contribution in [1.82, 2.24) is 9.47 Å². The molecule has 0 saturated carbocycles. The van der Waals surface area contributed by atoms with E-state index in [1.165, 1.54) is 0 Å². The molecule has 1 unspecified atom stereocenters. The highest BCUT2D eigenvalue weighted by atomic mass is 16.5. The highest BCUT2D eigenvalue weighted by molar-refractivity contribution is 5.94. The Morgan fingerprint density at radius 1 is 1.10 bits per heavy atom. The molecule has 1 aromatic heterocycles. The molecule has 0 saturated heterocycles. The van der Waals surface area contributed by atoms with Gasteiger partial charge in [0.15, 0.2) is 0 Å². The first-order chi connectivity index (χ1) is 15.0. The number of likely N-dealkylation sites (N-methyl/N-ethyl adjacent to an activating group) is 1. The van der Waals surface area contributed by atoms with Gasteiger partial charge in [-0.3, -0.25) is 9.59 Å². The number of methoxy groups -OCH3 is 1. The number of fused-ring (bicyclic) bond motifs is 1. The predicted octanol–water partition coefficient (Wildman–Crippen LogP) is 4.65. The van der Waals surface area contributed by atoms with E-state index in [-0.39, 0.29) is 17.7 Å². The van der Waals surface area contributed by atoms with E-state index in [1.807, 2.05) is 85.0 Å². The number of aromatic nitrogens is 1. The maximum atomic E-state index is 12.6. The van der Waals surface area contributed by atoms with Crippen LogP contribution in [0.15, 0.2) is 54.7 Å². The molecule has 3 aromatic rings. The van der Waals surface area contributed by atoms with Crippen LogP contribution >= 0.6 is 0 Å². The number of benzene rings is 2. The standard InChI is InChI=1S/C25H31N3O3/c1-5-27(6-2)25(30)17-28-14-13-19-16-20(11-12-22(19)28)26-24(29)15-18(3)21-9-7-8-10-23(21)31-4/h7-14,16,18H,5-6,15,17H2,1-4H3,(H,26,29). The van der Waals surface area contributed by atoms with Crippen LogP contribution in [0.3, 0.4) is 0 Å². The van der Waals surface area contributed by atoms with E-state index in [2.05, 4.69) is 5.32 Å². The maximum absolute atomic E-state index is 12.6. The molecular formula is C25H31N3O3. The minimum Gasteiger partial charge on any atom is -0.496 e. The zero-order valence-electron chi connectivity index (χ0n) is 18.7. The van der Waals surface area contributed by atoms with Crippen molar-refractivity contribution in [3.05, 3.63) is 60.3 Å². The average Bonchev–Trinajstić information content (AvgIpc) is 3.16. The highest BCUT2D eigenvalue weighted by Crippen LogP contribution is 2.29. The number of hydrogen-bond donors (Lipinski definition) is 1. The van der Waals surface area contributed by atoms with Gasteiger partial charge in [0.2, 0.25) is 11.8 Å². The summed E-state index contributed by atoms with van der Waals surface area (Å²) in [7, 11) is 1.64. The number of carbonyl (C=O) groups is 2. The molecule has 0 aliphatic heterocycles. The number of ether oxygens (including phenoxy) is 1. The molecule has 31 heavy (non-hydrogen) atoms. The Morgan fingerprint density at radius 3 is 2.55 bits per heavy atom. The third-order valence-electron chi connectivity index (χ3n) is 5.64. The number of rotatable bonds is 9. The molecule has 164 valence electrons. The van der Waals surface area contributed by atoms with Crippen molar-refractivity contribution < 1.29 is 14.3 Å². The van der Waals surface area contributed by atoms with Crippen LogP contribution in [-0.4, -0.2) is 41.5 Å². The fourth-order valence-electron chi connectivity index (χ4n) is 3.91. The number of nitrogens with zero attached hydrogens (tertiary/aromatic N) is 2. The van der Waals surface area contributed by atoms with E-state index < -0.39 is 0 Å². The van der Waals surface area contributed by atoms with Gasteiger partial charge < -0.3 is 19.5 Å².